The molecular weight excluding hydrogens is 314 g/mol. The number of ketones is 1. The standard InChI is InChI=1S/C15H11N5O2S/c1-19-14-10(6-16-19)15(22)20(18-17-14)7-12(21)11-8-23-13-5-3-2-4-9(11)13/h2-6,8H,7H2,1H3. The SMILES string of the molecule is Cn1ncc2c(=O)n(CC(=O)c3csc4ccccc34)nnc21. The molecule has 0 saturated carbocycles. The van der Waals surface area contributed by atoms with Crippen molar-refractivity contribution in [2.45, 2.75) is 6.54 Å². The molecule has 0 spiro atoms. The average Bonchev–Trinajstić information content (AvgIpc) is 3.14. The molecule has 0 saturated heterocycles. The van der Waals surface area contributed by atoms with E-state index in [1.54, 1.807) is 7.05 Å². The van der Waals surface area contributed by atoms with Gasteiger partial charge in [0.1, 0.15) is 11.9 Å². The fourth-order valence-electron chi connectivity index (χ4n) is 2.49. The van der Waals surface area contributed by atoms with Gasteiger partial charge in [-0.1, -0.05) is 23.4 Å². The minimum absolute atomic E-state index is 0.141. The van der Waals surface area contributed by atoms with Crippen molar-refractivity contribution in [1.29, 1.82) is 0 Å². The molecule has 0 aliphatic heterocycles. The summed E-state index contributed by atoms with van der Waals surface area (Å²) < 4.78 is 3.60. The second-order valence-corrected chi connectivity index (χ2v) is 6.04. The zero-order chi connectivity index (χ0) is 16.0. The Kier molecular flexibility index (Phi) is 3.05. The van der Waals surface area contributed by atoms with Crippen LogP contribution in [0.25, 0.3) is 21.1 Å². The van der Waals surface area contributed by atoms with E-state index in [0.29, 0.717) is 16.6 Å². The quantitative estimate of drug-likeness (QED) is 0.535. The lowest BCUT2D eigenvalue weighted by molar-refractivity contribution is 0.0966. The first-order valence-electron chi connectivity index (χ1n) is 6.90. The Hall–Kier alpha value is -2.87. The minimum atomic E-state index is -0.365. The molecule has 114 valence electrons. The van der Waals surface area contributed by atoms with Gasteiger partial charge in [0.2, 0.25) is 0 Å². The molecule has 0 unspecified atom stereocenters. The van der Waals surface area contributed by atoms with Crippen molar-refractivity contribution in [3.05, 3.63) is 51.8 Å². The number of aryl methyl sites for hydroxylation is 1. The monoisotopic (exact) mass is 325 g/mol. The molecule has 0 atom stereocenters. The maximum absolute atomic E-state index is 12.5. The van der Waals surface area contributed by atoms with Gasteiger partial charge in [-0.05, 0) is 6.07 Å². The van der Waals surface area contributed by atoms with Crippen LogP contribution in [0.4, 0.5) is 0 Å². The highest BCUT2D eigenvalue weighted by atomic mass is 32.1. The van der Waals surface area contributed by atoms with Crippen molar-refractivity contribution in [2.75, 3.05) is 0 Å². The van der Waals surface area contributed by atoms with Crippen LogP contribution in [-0.4, -0.2) is 30.6 Å². The van der Waals surface area contributed by atoms with Crippen molar-refractivity contribution in [3.8, 4) is 0 Å². The van der Waals surface area contributed by atoms with Gasteiger partial charge in [-0.15, -0.1) is 16.4 Å². The molecule has 3 aromatic heterocycles. The summed E-state index contributed by atoms with van der Waals surface area (Å²) in [6.45, 7) is -0.141. The summed E-state index contributed by atoms with van der Waals surface area (Å²) >= 11 is 1.51. The Morgan fingerprint density at radius 3 is 2.96 bits per heavy atom. The topological polar surface area (TPSA) is 82.7 Å². The summed E-state index contributed by atoms with van der Waals surface area (Å²) in [4.78, 5) is 24.9. The number of fused-ring (bicyclic) bond motifs is 2. The van der Waals surface area contributed by atoms with E-state index in [-0.39, 0.29) is 17.9 Å². The number of carbonyl (C=O) groups excluding carboxylic acids is 1. The number of aromatic nitrogens is 5. The Morgan fingerprint density at radius 2 is 2.09 bits per heavy atom. The van der Waals surface area contributed by atoms with Gasteiger partial charge in [0.25, 0.3) is 5.56 Å². The lowest BCUT2D eigenvalue weighted by Gasteiger charge is -2.02. The Bertz CT molecular complexity index is 1110. The van der Waals surface area contributed by atoms with Gasteiger partial charge in [0.05, 0.1) is 6.20 Å². The lowest BCUT2D eigenvalue weighted by Crippen LogP contribution is -2.27. The zero-order valence-electron chi connectivity index (χ0n) is 12.1. The highest BCUT2D eigenvalue weighted by Gasteiger charge is 2.16. The van der Waals surface area contributed by atoms with Crippen LogP contribution < -0.4 is 5.56 Å². The maximum Gasteiger partial charge on any atom is 0.281 e. The summed E-state index contributed by atoms with van der Waals surface area (Å²) in [6, 6.07) is 7.68. The van der Waals surface area contributed by atoms with E-state index in [9.17, 15) is 9.59 Å². The summed E-state index contributed by atoms with van der Waals surface area (Å²) in [7, 11) is 1.68. The second-order valence-electron chi connectivity index (χ2n) is 5.13. The number of hydrogen-bond donors (Lipinski definition) is 0. The minimum Gasteiger partial charge on any atom is -0.292 e. The van der Waals surface area contributed by atoms with Crippen LogP contribution in [0.5, 0.6) is 0 Å². The van der Waals surface area contributed by atoms with E-state index in [2.05, 4.69) is 15.4 Å². The van der Waals surface area contributed by atoms with Crippen molar-refractivity contribution in [3.63, 3.8) is 0 Å². The first-order chi connectivity index (χ1) is 11.1. The predicted octanol–water partition coefficient (Wildman–Crippen LogP) is 1.62. The number of benzene rings is 1. The van der Waals surface area contributed by atoms with Gasteiger partial charge in [0, 0.05) is 28.1 Å². The molecule has 0 bridgehead atoms. The summed E-state index contributed by atoms with van der Waals surface area (Å²) in [5.41, 5.74) is 0.640. The Labute approximate surface area is 133 Å². The average molecular weight is 325 g/mol. The third kappa shape index (κ3) is 2.15. The van der Waals surface area contributed by atoms with Crippen molar-refractivity contribution >= 4 is 38.2 Å². The molecule has 0 amide bonds. The molecule has 0 fully saturated rings. The Balaban J connectivity index is 1.74. The van der Waals surface area contributed by atoms with Gasteiger partial charge in [-0.25, -0.2) is 9.36 Å². The van der Waals surface area contributed by atoms with Gasteiger partial charge in [0.15, 0.2) is 11.4 Å². The highest BCUT2D eigenvalue weighted by molar-refractivity contribution is 7.17. The fraction of sp³-hybridized carbons (Fsp3) is 0.133. The summed E-state index contributed by atoms with van der Waals surface area (Å²) in [5, 5.41) is 14.9. The molecular formula is C15H11N5O2S. The number of Topliss-reactive ketones (excluding diaryl/α,β-unsaturated/α-hetero) is 1. The lowest BCUT2D eigenvalue weighted by atomic mass is 10.1. The van der Waals surface area contributed by atoms with E-state index in [0.717, 1.165) is 14.8 Å². The van der Waals surface area contributed by atoms with Gasteiger partial charge in [-0.2, -0.15) is 5.10 Å². The van der Waals surface area contributed by atoms with E-state index >= 15 is 0 Å². The van der Waals surface area contributed by atoms with Crippen LogP contribution in [0.15, 0.2) is 40.6 Å². The molecule has 4 aromatic rings. The summed E-state index contributed by atoms with van der Waals surface area (Å²) in [5.74, 6) is -0.165. The fourth-order valence-corrected chi connectivity index (χ4v) is 3.46. The van der Waals surface area contributed by atoms with Crippen LogP contribution in [0.1, 0.15) is 10.4 Å². The van der Waals surface area contributed by atoms with Crippen LogP contribution in [-0.2, 0) is 13.6 Å². The summed E-state index contributed by atoms with van der Waals surface area (Å²) in [6.07, 6.45) is 1.44. The van der Waals surface area contributed by atoms with Crippen LogP contribution >= 0.6 is 11.3 Å². The number of hydrogen-bond acceptors (Lipinski definition) is 6. The molecule has 3 heterocycles. The smallest absolute Gasteiger partial charge is 0.281 e. The van der Waals surface area contributed by atoms with E-state index in [1.165, 1.54) is 22.2 Å². The molecule has 0 radical (unpaired) electrons. The molecule has 8 heteroatoms. The predicted molar refractivity (Wildman–Crippen MR) is 86.7 cm³/mol. The largest absolute Gasteiger partial charge is 0.292 e. The van der Waals surface area contributed by atoms with Crippen LogP contribution in [0.3, 0.4) is 0 Å². The van der Waals surface area contributed by atoms with Crippen molar-refractivity contribution in [1.82, 2.24) is 24.8 Å². The maximum atomic E-state index is 12.5. The van der Waals surface area contributed by atoms with Gasteiger partial charge < -0.3 is 0 Å². The van der Waals surface area contributed by atoms with Crippen LogP contribution in [0.2, 0.25) is 0 Å². The molecule has 23 heavy (non-hydrogen) atoms. The highest BCUT2D eigenvalue weighted by Crippen LogP contribution is 2.26. The molecule has 1 aromatic carbocycles. The number of carbonyl (C=O) groups is 1. The van der Waals surface area contributed by atoms with Crippen molar-refractivity contribution in [2.24, 2.45) is 7.05 Å². The normalized spacial score (nSPS) is 11.3. The first kappa shape index (κ1) is 13.8. The molecule has 0 N–H and O–H groups in total. The zero-order valence-corrected chi connectivity index (χ0v) is 12.9. The van der Waals surface area contributed by atoms with Crippen molar-refractivity contribution < 1.29 is 4.79 Å². The first-order valence-corrected chi connectivity index (χ1v) is 7.78. The third-order valence-corrected chi connectivity index (χ3v) is 4.66. The number of rotatable bonds is 3. The van der Waals surface area contributed by atoms with E-state index < -0.39 is 0 Å². The number of nitrogens with zero attached hydrogens (tertiary/aromatic N) is 5. The second kappa shape index (κ2) is 5.10. The molecule has 0 aliphatic carbocycles. The molecule has 4 rings (SSSR count). The van der Waals surface area contributed by atoms with Gasteiger partial charge in [-0.3, -0.25) is 9.59 Å². The van der Waals surface area contributed by atoms with E-state index in [4.69, 9.17) is 0 Å². The molecule has 7 nitrogen and oxygen atoms in total. The number of thiophene rings is 1. The van der Waals surface area contributed by atoms with E-state index in [1.807, 2.05) is 29.6 Å². The van der Waals surface area contributed by atoms with Gasteiger partial charge >= 0.3 is 0 Å². The Morgan fingerprint density at radius 1 is 1.26 bits per heavy atom. The molecule has 0 aliphatic rings. The third-order valence-electron chi connectivity index (χ3n) is 3.69. The van der Waals surface area contributed by atoms with Crippen LogP contribution in [0, 0.1) is 0 Å².